The van der Waals surface area contributed by atoms with E-state index in [1.165, 1.54) is 23.3 Å². The molecule has 94 valence electrons. The predicted molar refractivity (Wildman–Crippen MR) is 74.6 cm³/mol. The summed E-state index contributed by atoms with van der Waals surface area (Å²) in [7, 11) is 0. The van der Waals surface area contributed by atoms with Crippen LogP contribution in [0.25, 0.3) is 0 Å². The molecule has 0 aliphatic heterocycles. The average molecular weight is 264 g/mol. The van der Waals surface area contributed by atoms with E-state index in [2.05, 4.69) is 24.4 Å². The third-order valence-corrected chi connectivity index (χ3v) is 3.28. The second-order valence-electron chi connectivity index (χ2n) is 4.35. The van der Waals surface area contributed by atoms with Crippen LogP contribution < -0.4 is 5.32 Å². The summed E-state index contributed by atoms with van der Waals surface area (Å²) >= 11 is 6.04. The van der Waals surface area contributed by atoms with Crippen LogP contribution in [0, 0.1) is 12.7 Å². The van der Waals surface area contributed by atoms with Crippen LogP contribution >= 0.6 is 11.6 Å². The summed E-state index contributed by atoms with van der Waals surface area (Å²) in [5, 5.41) is 3.76. The highest BCUT2D eigenvalue weighted by Gasteiger charge is 2.10. The van der Waals surface area contributed by atoms with Gasteiger partial charge in [0.15, 0.2) is 0 Å². The number of hydrogen-bond donors (Lipinski definition) is 1. The van der Waals surface area contributed by atoms with Gasteiger partial charge in [0, 0.05) is 6.04 Å². The van der Waals surface area contributed by atoms with E-state index in [0.717, 1.165) is 0 Å². The Balaban J connectivity index is 2.24. The normalized spacial score (nSPS) is 12.2. The van der Waals surface area contributed by atoms with Crippen molar-refractivity contribution in [3.63, 3.8) is 0 Å². The Kier molecular flexibility index (Phi) is 3.87. The zero-order valence-corrected chi connectivity index (χ0v) is 11.1. The highest BCUT2D eigenvalue weighted by atomic mass is 35.5. The average Bonchev–Trinajstić information content (AvgIpc) is 2.34. The largest absolute Gasteiger partial charge is 0.377 e. The van der Waals surface area contributed by atoms with Crippen molar-refractivity contribution in [2.75, 3.05) is 5.32 Å². The van der Waals surface area contributed by atoms with Gasteiger partial charge < -0.3 is 5.32 Å². The number of aryl methyl sites for hydroxylation is 1. The minimum atomic E-state index is -0.293. The van der Waals surface area contributed by atoms with E-state index in [9.17, 15) is 4.39 Å². The molecule has 0 radical (unpaired) electrons. The Morgan fingerprint density at radius 1 is 1.17 bits per heavy atom. The topological polar surface area (TPSA) is 12.0 Å². The minimum Gasteiger partial charge on any atom is -0.377 e. The van der Waals surface area contributed by atoms with E-state index in [-0.39, 0.29) is 11.9 Å². The first-order valence-electron chi connectivity index (χ1n) is 5.85. The Hall–Kier alpha value is -1.54. The predicted octanol–water partition coefficient (Wildman–Crippen LogP) is 4.96. The Morgan fingerprint density at radius 2 is 1.89 bits per heavy atom. The van der Waals surface area contributed by atoms with Gasteiger partial charge in [0.25, 0.3) is 0 Å². The molecule has 1 N–H and O–H groups in total. The Labute approximate surface area is 112 Å². The maximum Gasteiger partial charge on any atom is 0.125 e. The van der Waals surface area contributed by atoms with Gasteiger partial charge in [0.2, 0.25) is 0 Å². The molecule has 0 amide bonds. The fourth-order valence-corrected chi connectivity index (χ4v) is 2.16. The van der Waals surface area contributed by atoms with E-state index in [4.69, 9.17) is 11.6 Å². The highest BCUT2D eigenvalue weighted by Crippen LogP contribution is 2.27. The van der Waals surface area contributed by atoms with Crippen molar-refractivity contribution < 1.29 is 4.39 Å². The van der Waals surface area contributed by atoms with Crippen LogP contribution in [0.2, 0.25) is 5.02 Å². The molecule has 0 aliphatic carbocycles. The second-order valence-corrected chi connectivity index (χ2v) is 4.75. The molecule has 0 aliphatic rings. The molecule has 0 saturated heterocycles. The van der Waals surface area contributed by atoms with Gasteiger partial charge in [0.1, 0.15) is 5.82 Å². The molecular weight excluding hydrogens is 249 g/mol. The summed E-state index contributed by atoms with van der Waals surface area (Å²) in [6, 6.07) is 12.5. The fourth-order valence-electron chi connectivity index (χ4n) is 1.99. The van der Waals surface area contributed by atoms with Crippen molar-refractivity contribution in [3.05, 3.63) is 64.4 Å². The van der Waals surface area contributed by atoms with E-state index >= 15 is 0 Å². The van der Waals surface area contributed by atoms with Crippen LogP contribution in [0.4, 0.5) is 10.1 Å². The maximum absolute atomic E-state index is 13.2. The van der Waals surface area contributed by atoms with E-state index < -0.39 is 0 Å². The summed E-state index contributed by atoms with van der Waals surface area (Å²) < 4.78 is 13.2. The quantitative estimate of drug-likeness (QED) is 0.825. The zero-order chi connectivity index (χ0) is 13.1. The summed E-state index contributed by atoms with van der Waals surface area (Å²) in [5.41, 5.74) is 3.00. The first-order chi connectivity index (χ1) is 8.58. The highest BCUT2D eigenvalue weighted by molar-refractivity contribution is 6.33. The molecule has 0 aromatic heterocycles. The maximum atomic E-state index is 13.2. The zero-order valence-electron chi connectivity index (χ0n) is 10.4. The van der Waals surface area contributed by atoms with E-state index in [0.29, 0.717) is 10.7 Å². The number of anilines is 1. The van der Waals surface area contributed by atoms with Crippen molar-refractivity contribution in [2.45, 2.75) is 19.9 Å². The monoisotopic (exact) mass is 263 g/mol. The molecule has 0 bridgehead atoms. The lowest BCUT2D eigenvalue weighted by atomic mass is 10.0. The van der Waals surface area contributed by atoms with Gasteiger partial charge in [-0.15, -0.1) is 0 Å². The third kappa shape index (κ3) is 2.82. The molecular formula is C15H15ClFN. The summed E-state index contributed by atoms with van der Waals surface area (Å²) in [6.45, 7) is 4.09. The van der Waals surface area contributed by atoms with Gasteiger partial charge in [-0.1, -0.05) is 35.9 Å². The third-order valence-electron chi connectivity index (χ3n) is 2.96. The van der Waals surface area contributed by atoms with Crippen LogP contribution in [0.15, 0.2) is 42.5 Å². The molecule has 2 aromatic carbocycles. The molecule has 0 saturated carbocycles. The molecule has 3 heteroatoms. The Bertz CT molecular complexity index is 554. The van der Waals surface area contributed by atoms with Crippen LogP contribution in [-0.4, -0.2) is 0 Å². The van der Waals surface area contributed by atoms with Crippen molar-refractivity contribution in [1.29, 1.82) is 0 Å². The lowest BCUT2D eigenvalue weighted by Crippen LogP contribution is -2.08. The van der Waals surface area contributed by atoms with Gasteiger partial charge in [-0.25, -0.2) is 4.39 Å². The SMILES string of the molecule is Cc1ccccc1C(C)Nc1cc(F)ccc1Cl. The van der Waals surface area contributed by atoms with Crippen LogP contribution in [0.5, 0.6) is 0 Å². The summed E-state index contributed by atoms with van der Waals surface area (Å²) in [6.07, 6.45) is 0. The lowest BCUT2D eigenvalue weighted by Gasteiger charge is -2.18. The fraction of sp³-hybridized carbons (Fsp3) is 0.200. The number of hydrogen-bond acceptors (Lipinski definition) is 1. The van der Waals surface area contributed by atoms with E-state index in [1.54, 1.807) is 6.07 Å². The van der Waals surface area contributed by atoms with Crippen molar-refractivity contribution in [2.24, 2.45) is 0 Å². The molecule has 2 rings (SSSR count). The number of rotatable bonds is 3. The molecule has 0 heterocycles. The molecule has 1 nitrogen and oxygen atoms in total. The molecule has 18 heavy (non-hydrogen) atoms. The van der Waals surface area contributed by atoms with Gasteiger partial charge in [-0.05, 0) is 43.2 Å². The molecule has 2 aromatic rings. The minimum absolute atomic E-state index is 0.0745. The summed E-state index contributed by atoms with van der Waals surface area (Å²) in [5.74, 6) is -0.293. The Morgan fingerprint density at radius 3 is 2.61 bits per heavy atom. The second kappa shape index (κ2) is 5.40. The lowest BCUT2D eigenvalue weighted by molar-refractivity contribution is 0.628. The first-order valence-corrected chi connectivity index (χ1v) is 6.23. The van der Waals surface area contributed by atoms with Crippen molar-refractivity contribution >= 4 is 17.3 Å². The number of nitrogens with one attached hydrogen (secondary N) is 1. The molecule has 1 unspecified atom stereocenters. The van der Waals surface area contributed by atoms with Gasteiger partial charge in [-0.2, -0.15) is 0 Å². The van der Waals surface area contributed by atoms with Gasteiger partial charge in [-0.3, -0.25) is 0 Å². The standard InChI is InChI=1S/C15H15ClFN/c1-10-5-3-4-6-13(10)11(2)18-15-9-12(17)7-8-14(15)16/h3-9,11,18H,1-2H3. The molecule has 1 atom stereocenters. The van der Waals surface area contributed by atoms with Gasteiger partial charge >= 0.3 is 0 Å². The summed E-state index contributed by atoms with van der Waals surface area (Å²) in [4.78, 5) is 0. The van der Waals surface area contributed by atoms with Crippen LogP contribution in [0.1, 0.15) is 24.1 Å². The van der Waals surface area contributed by atoms with Gasteiger partial charge in [0.05, 0.1) is 10.7 Å². The molecule has 0 fully saturated rings. The van der Waals surface area contributed by atoms with E-state index in [1.807, 2.05) is 19.1 Å². The molecule has 0 spiro atoms. The van der Waals surface area contributed by atoms with Crippen LogP contribution in [-0.2, 0) is 0 Å². The number of benzene rings is 2. The van der Waals surface area contributed by atoms with Crippen molar-refractivity contribution in [1.82, 2.24) is 0 Å². The number of halogens is 2. The van der Waals surface area contributed by atoms with Crippen LogP contribution in [0.3, 0.4) is 0 Å². The smallest absolute Gasteiger partial charge is 0.125 e. The van der Waals surface area contributed by atoms with Crippen molar-refractivity contribution in [3.8, 4) is 0 Å². The first kappa shape index (κ1) is 12.9.